The molecule has 1 unspecified atom stereocenters. The van der Waals surface area contributed by atoms with E-state index in [-0.39, 0.29) is 18.4 Å². The van der Waals surface area contributed by atoms with Crippen LogP contribution in [0.2, 0.25) is 0 Å². The van der Waals surface area contributed by atoms with E-state index in [0.29, 0.717) is 0 Å². The Kier molecular flexibility index (Phi) is 3.68. The molecule has 0 amide bonds. The van der Waals surface area contributed by atoms with Gasteiger partial charge in [-0.05, 0) is 24.3 Å². The van der Waals surface area contributed by atoms with E-state index in [1.807, 2.05) is 30.3 Å². The fraction of sp³-hybridized carbons (Fsp3) is 0.100. The van der Waals surface area contributed by atoms with Crippen LogP contribution in [0.4, 0.5) is 0 Å². The Hall–Kier alpha value is -1.32. The predicted molar refractivity (Wildman–Crippen MR) is 56.2 cm³/mol. The van der Waals surface area contributed by atoms with Gasteiger partial charge < -0.3 is 10.2 Å². The Morgan fingerprint density at radius 3 is 2.64 bits per heavy atom. The topological polar surface area (TPSA) is 52.0 Å². The summed E-state index contributed by atoms with van der Waals surface area (Å²) in [6.07, 6.45) is 3.33. The van der Waals surface area contributed by atoms with Crippen LogP contribution in [0.15, 0.2) is 47.2 Å². The number of halogens is 1. The van der Waals surface area contributed by atoms with E-state index < -0.39 is 0 Å². The summed E-state index contributed by atoms with van der Waals surface area (Å²) in [4.78, 5) is 4.15. The van der Waals surface area contributed by atoms with E-state index in [4.69, 9.17) is 10.2 Å². The van der Waals surface area contributed by atoms with Gasteiger partial charge in [-0.2, -0.15) is 0 Å². The molecule has 2 aromatic heterocycles. The Morgan fingerprint density at radius 2 is 2.07 bits per heavy atom. The van der Waals surface area contributed by atoms with Gasteiger partial charge in [-0.15, -0.1) is 12.4 Å². The molecule has 2 rings (SSSR count). The predicted octanol–water partition coefficient (Wildman–Crippen LogP) is 2.14. The molecule has 0 spiro atoms. The van der Waals surface area contributed by atoms with Crippen molar-refractivity contribution in [3.05, 3.63) is 54.2 Å². The van der Waals surface area contributed by atoms with E-state index in [0.717, 1.165) is 11.5 Å². The number of nitrogens with zero attached hydrogens (tertiary/aromatic N) is 1. The van der Waals surface area contributed by atoms with Crippen LogP contribution in [0.1, 0.15) is 17.5 Å². The van der Waals surface area contributed by atoms with Crippen LogP contribution < -0.4 is 5.73 Å². The minimum absolute atomic E-state index is 0. The van der Waals surface area contributed by atoms with Gasteiger partial charge in [0, 0.05) is 6.20 Å². The third-order valence-electron chi connectivity index (χ3n) is 1.86. The number of pyridine rings is 1. The van der Waals surface area contributed by atoms with Crippen LogP contribution in [-0.2, 0) is 0 Å². The zero-order valence-electron chi connectivity index (χ0n) is 7.46. The van der Waals surface area contributed by atoms with Crippen molar-refractivity contribution in [1.82, 2.24) is 4.98 Å². The second-order valence-electron chi connectivity index (χ2n) is 2.75. The van der Waals surface area contributed by atoms with Crippen LogP contribution in [-0.4, -0.2) is 4.98 Å². The molecule has 74 valence electrons. The van der Waals surface area contributed by atoms with Crippen LogP contribution >= 0.6 is 12.4 Å². The van der Waals surface area contributed by atoms with Gasteiger partial charge in [-0.25, -0.2) is 0 Å². The lowest BCUT2D eigenvalue weighted by Gasteiger charge is -2.06. The van der Waals surface area contributed by atoms with Gasteiger partial charge in [0.1, 0.15) is 11.8 Å². The van der Waals surface area contributed by atoms with Gasteiger partial charge in [0.25, 0.3) is 0 Å². The third kappa shape index (κ3) is 2.13. The minimum Gasteiger partial charge on any atom is -0.467 e. The van der Waals surface area contributed by atoms with Crippen molar-refractivity contribution in [3.8, 4) is 0 Å². The van der Waals surface area contributed by atoms with Gasteiger partial charge in [0.15, 0.2) is 0 Å². The monoisotopic (exact) mass is 210 g/mol. The lowest BCUT2D eigenvalue weighted by atomic mass is 10.1. The van der Waals surface area contributed by atoms with E-state index >= 15 is 0 Å². The summed E-state index contributed by atoms with van der Waals surface area (Å²) >= 11 is 0. The molecule has 2 aromatic rings. The van der Waals surface area contributed by atoms with Crippen molar-refractivity contribution in [3.63, 3.8) is 0 Å². The first kappa shape index (κ1) is 10.8. The zero-order chi connectivity index (χ0) is 9.10. The molecule has 0 radical (unpaired) electrons. The zero-order valence-corrected chi connectivity index (χ0v) is 8.28. The van der Waals surface area contributed by atoms with Gasteiger partial charge >= 0.3 is 0 Å². The Morgan fingerprint density at radius 1 is 1.21 bits per heavy atom. The van der Waals surface area contributed by atoms with Crippen LogP contribution in [0.5, 0.6) is 0 Å². The number of hydrogen-bond donors (Lipinski definition) is 1. The molecule has 0 saturated heterocycles. The number of furan rings is 1. The minimum atomic E-state index is -0.267. The molecule has 0 bridgehead atoms. The highest BCUT2D eigenvalue weighted by molar-refractivity contribution is 5.85. The summed E-state index contributed by atoms with van der Waals surface area (Å²) < 4.78 is 5.18. The van der Waals surface area contributed by atoms with Gasteiger partial charge in [-0.3, -0.25) is 4.98 Å². The van der Waals surface area contributed by atoms with E-state index in [1.165, 1.54) is 0 Å². The van der Waals surface area contributed by atoms with Crippen LogP contribution in [0, 0.1) is 0 Å². The first-order valence-electron chi connectivity index (χ1n) is 4.08. The summed E-state index contributed by atoms with van der Waals surface area (Å²) in [6, 6.07) is 9.05. The molecule has 1 atom stereocenters. The van der Waals surface area contributed by atoms with E-state index in [2.05, 4.69) is 4.98 Å². The molecular weight excluding hydrogens is 200 g/mol. The van der Waals surface area contributed by atoms with Crippen molar-refractivity contribution in [2.75, 3.05) is 0 Å². The molecule has 2 heterocycles. The fourth-order valence-electron chi connectivity index (χ4n) is 1.17. The van der Waals surface area contributed by atoms with Gasteiger partial charge in [-0.1, -0.05) is 6.07 Å². The van der Waals surface area contributed by atoms with Gasteiger partial charge in [0.2, 0.25) is 0 Å². The number of hydrogen-bond acceptors (Lipinski definition) is 3. The maximum Gasteiger partial charge on any atom is 0.126 e. The van der Waals surface area contributed by atoms with Gasteiger partial charge in [0.05, 0.1) is 12.0 Å². The first-order valence-corrected chi connectivity index (χ1v) is 4.08. The third-order valence-corrected chi connectivity index (χ3v) is 1.86. The molecule has 0 saturated carbocycles. The Balaban J connectivity index is 0.000000980. The molecule has 4 heteroatoms. The normalized spacial score (nSPS) is 11.8. The SMILES string of the molecule is Cl.NC(c1ccccn1)c1ccco1. The summed E-state index contributed by atoms with van der Waals surface area (Å²) in [7, 11) is 0. The van der Waals surface area contributed by atoms with Crippen molar-refractivity contribution >= 4 is 12.4 Å². The molecule has 14 heavy (non-hydrogen) atoms. The largest absolute Gasteiger partial charge is 0.467 e. The summed E-state index contributed by atoms with van der Waals surface area (Å²) in [5.41, 5.74) is 6.72. The molecule has 0 aliphatic heterocycles. The Labute approximate surface area is 88.4 Å². The molecule has 0 fully saturated rings. The highest BCUT2D eigenvalue weighted by Gasteiger charge is 2.11. The highest BCUT2D eigenvalue weighted by atomic mass is 35.5. The molecule has 2 N–H and O–H groups in total. The van der Waals surface area contributed by atoms with Crippen molar-refractivity contribution in [2.45, 2.75) is 6.04 Å². The number of aromatic nitrogens is 1. The van der Waals surface area contributed by atoms with Crippen molar-refractivity contribution in [1.29, 1.82) is 0 Å². The van der Waals surface area contributed by atoms with E-state index in [9.17, 15) is 0 Å². The molecule has 0 aliphatic carbocycles. The lowest BCUT2D eigenvalue weighted by molar-refractivity contribution is 0.486. The summed E-state index contributed by atoms with van der Waals surface area (Å²) in [6.45, 7) is 0. The second kappa shape index (κ2) is 4.79. The first-order chi connectivity index (χ1) is 6.38. The number of rotatable bonds is 2. The second-order valence-corrected chi connectivity index (χ2v) is 2.75. The summed E-state index contributed by atoms with van der Waals surface area (Å²) in [5, 5.41) is 0. The summed E-state index contributed by atoms with van der Waals surface area (Å²) in [5.74, 6) is 0.735. The average molecular weight is 211 g/mol. The lowest BCUT2D eigenvalue weighted by Crippen LogP contribution is -2.12. The maximum atomic E-state index is 5.90. The van der Waals surface area contributed by atoms with E-state index in [1.54, 1.807) is 12.5 Å². The smallest absolute Gasteiger partial charge is 0.126 e. The average Bonchev–Trinajstić information content (AvgIpc) is 2.71. The molecule has 3 nitrogen and oxygen atoms in total. The molecule has 0 aromatic carbocycles. The van der Waals surface area contributed by atoms with Crippen LogP contribution in [0.25, 0.3) is 0 Å². The molecular formula is C10H11ClN2O. The fourth-order valence-corrected chi connectivity index (χ4v) is 1.17. The quantitative estimate of drug-likeness (QED) is 0.827. The van der Waals surface area contributed by atoms with Crippen molar-refractivity contribution in [2.24, 2.45) is 5.73 Å². The highest BCUT2D eigenvalue weighted by Crippen LogP contribution is 2.16. The van der Waals surface area contributed by atoms with Crippen molar-refractivity contribution < 1.29 is 4.42 Å². The molecule has 0 aliphatic rings. The Bertz CT molecular complexity index is 361. The standard InChI is InChI=1S/C10H10N2O.ClH/c11-10(9-5-3-7-13-9)8-4-1-2-6-12-8;/h1-7,10H,11H2;1H. The maximum absolute atomic E-state index is 5.90. The number of nitrogens with two attached hydrogens (primary N) is 1. The van der Waals surface area contributed by atoms with Crippen LogP contribution in [0.3, 0.4) is 0 Å².